The molecule has 5 heteroatoms. The van der Waals surface area contributed by atoms with Crippen molar-refractivity contribution in [3.05, 3.63) is 21.2 Å². The Hall–Kier alpha value is -1.10. The second kappa shape index (κ2) is 4.23. The summed E-state index contributed by atoms with van der Waals surface area (Å²) in [6, 6.07) is 1.13. The first kappa shape index (κ1) is 9.98. The molecule has 1 aromatic rings. The van der Waals surface area contributed by atoms with Crippen LogP contribution < -0.4 is 5.56 Å². The molecule has 0 saturated carbocycles. The van der Waals surface area contributed by atoms with Gasteiger partial charge in [-0.3, -0.25) is 14.3 Å². The Kier molecular flexibility index (Phi) is 3.25. The van der Waals surface area contributed by atoms with Crippen molar-refractivity contribution < 1.29 is 5.11 Å². The number of H-pyrrole nitrogens is 1. The van der Waals surface area contributed by atoms with Gasteiger partial charge in [0.1, 0.15) is 0 Å². The van der Waals surface area contributed by atoms with Gasteiger partial charge in [-0.15, -0.1) is 0 Å². The standard InChI is InChI=1S/C8H12N2O2S/c1-2-3-4-10-7(12)5-6(11)9-8(10)13/h5,12H,2-4H2,1H3,(H,9,11,13). The van der Waals surface area contributed by atoms with Crippen LogP contribution in [0.4, 0.5) is 0 Å². The average Bonchev–Trinajstić information content (AvgIpc) is 2.02. The van der Waals surface area contributed by atoms with Crippen LogP contribution in [0.3, 0.4) is 0 Å². The third-order valence-electron chi connectivity index (χ3n) is 1.75. The first-order valence-electron chi connectivity index (χ1n) is 4.18. The van der Waals surface area contributed by atoms with E-state index in [0.717, 1.165) is 18.9 Å². The number of rotatable bonds is 3. The molecule has 0 unspecified atom stereocenters. The predicted octanol–water partition coefficient (Wildman–Crippen LogP) is 1.41. The molecule has 1 rings (SSSR count). The molecule has 0 aromatic carbocycles. The summed E-state index contributed by atoms with van der Waals surface area (Å²) in [6.07, 6.45) is 1.94. The number of aromatic amines is 1. The summed E-state index contributed by atoms with van der Waals surface area (Å²) in [5.41, 5.74) is -0.366. The maximum absolute atomic E-state index is 10.8. The van der Waals surface area contributed by atoms with Crippen LogP contribution in [0.15, 0.2) is 10.9 Å². The van der Waals surface area contributed by atoms with Gasteiger partial charge in [-0.1, -0.05) is 13.3 Å². The highest BCUT2D eigenvalue weighted by Crippen LogP contribution is 2.06. The van der Waals surface area contributed by atoms with E-state index in [2.05, 4.69) is 4.98 Å². The zero-order chi connectivity index (χ0) is 9.84. The Bertz CT molecular complexity index is 394. The number of nitrogens with zero attached hydrogens (tertiary/aromatic N) is 1. The average molecular weight is 200 g/mol. The van der Waals surface area contributed by atoms with Crippen LogP contribution in [-0.4, -0.2) is 14.7 Å². The highest BCUT2D eigenvalue weighted by Gasteiger charge is 2.00. The minimum atomic E-state index is -0.366. The molecule has 0 atom stereocenters. The molecule has 0 saturated heterocycles. The van der Waals surface area contributed by atoms with Crippen LogP contribution in [0, 0.1) is 4.77 Å². The maximum Gasteiger partial charge on any atom is 0.255 e. The number of unbranched alkanes of at least 4 members (excludes halogenated alkanes) is 1. The third kappa shape index (κ3) is 2.42. The zero-order valence-electron chi connectivity index (χ0n) is 7.41. The number of aromatic hydroxyl groups is 1. The second-order valence-corrected chi connectivity index (χ2v) is 3.19. The van der Waals surface area contributed by atoms with Crippen molar-refractivity contribution in [3.8, 4) is 5.88 Å². The van der Waals surface area contributed by atoms with Crippen LogP contribution in [0.25, 0.3) is 0 Å². The van der Waals surface area contributed by atoms with Gasteiger partial charge in [-0.25, -0.2) is 0 Å². The smallest absolute Gasteiger partial charge is 0.255 e. The number of aromatic nitrogens is 2. The Morgan fingerprint density at radius 1 is 1.69 bits per heavy atom. The van der Waals surface area contributed by atoms with Gasteiger partial charge in [0.25, 0.3) is 5.56 Å². The van der Waals surface area contributed by atoms with Crippen molar-refractivity contribution in [2.24, 2.45) is 0 Å². The van der Waals surface area contributed by atoms with Gasteiger partial charge in [-0.05, 0) is 18.6 Å². The van der Waals surface area contributed by atoms with E-state index in [4.69, 9.17) is 12.2 Å². The molecular formula is C8H12N2O2S. The molecule has 0 amide bonds. The summed E-state index contributed by atoms with van der Waals surface area (Å²) < 4.78 is 1.79. The Morgan fingerprint density at radius 2 is 2.38 bits per heavy atom. The van der Waals surface area contributed by atoms with E-state index in [1.807, 2.05) is 6.92 Å². The van der Waals surface area contributed by atoms with Crippen LogP contribution in [0.2, 0.25) is 0 Å². The fraction of sp³-hybridized carbons (Fsp3) is 0.500. The molecule has 1 aromatic heterocycles. The van der Waals surface area contributed by atoms with Crippen LogP contribution in [0.1, 0.15) is 19.8 Å². The van der Waals surface area contributed by atoms with Gasteiger partial charge >= 0.3 is 0 Å². The Balaban J connectivity index is 3.07. The van der Waals surface area contributed by atoms with E-state index < -0.39 is 0 Å². The van der Waals surface area contributed by atoms with Crippen LogP contribution in [0.5, 0.6) is 5.88 Å². The number of nitrogens with one attached hydrogen (secondary N) is 1. The normalized spacial score (nSPS) is 10.2. The van der Waals surface area contributed by atoms with Gasteiger partial charge in [0.05, 0.1) is 6.07 Å². The van der Waals surface area contributed by atoms with E-state index in [1.165, 1.54) is 4.57 Å². The fourth-order valence-corrected chi connectivity index (χ4v) is 1.33. The molecule has 0 radical (unpaired) electrons. The van der Waals surface area contributed by atoms with Gasteiger partial charge in [0, 0.05) is 6.54 Å². The molecule has 0 fully saturated rings. The fourth-order valence-electron chi connectivity index (χ4n) is 1.04. The molecule has 1 heterocycles. The highest BCUT2D eigenvalue weighted by atomic mass is 32.1. The largest absolute Gasteiger partial charge is 0.494 e. The minimum Gasteiger partial charge on any atom is -0.494 e. The van der Waals surface area contributed by atoms with Crippen molar-refractivity contribution in [1.82, 2.24) is 9.55 Å². The summed E-state index contributed by atoms with van der Waals surface area (Å²) in [5, 5.41) is 9.38. The van der Waals surface area contributed by atoms with Crippen molar-refractivity contribution in [2.45, 2.75) is 26.3 Å². The third-order valence-corrected chi connectivity index (χ3v) is 2.07. The van der Waals surface area contributed by atoms with Gasteiger partial charge in [-0.2, -0.15) is 0 Å². The summed E-state index contributed by atoms with van der Waals surface area (Å²) in [6.45, 7) is 2.68. The van der Waals surface area contributed by atoms with Crippen LogP contribution >= 0.6 is 12.2 Å². The molecule has 2 N–H and O–H groups in total. The summed E-state index contributed by atoms with van der Waals surface area (Å²) >= 11 is 4.89. The van der Waals surface area contributed by atoms with E-state index in [1.54, 1.807) is 0 Å². The molecule has 0 bridgehead atoms. The lowest BCUT2D eigenvalue weighted by atomic mass is 10.3. The molecule has 13 heavy (non-hydrogen) atoms. The number of hydrogen-bond donors (Lipinski definition) is 2. The Labute approximate surface area is 80.9 Å². The molecule has 72 valence electrons. The molecule has 0 aliphatic rings. The lowest BCUT2D eigenvalue weighted by molar-refractivity contribution is 0.399. The maximum atomic E-state index is 10.8. The van der Waals surface area contributed by atoms with Crippen molar-refractivity contribution in [3.63, 3.8) is 0 Å². The molecule has 0 aliphatic carbocycles. The topological polar surface area (TPSA) is 58.0 Å². The molecule has 0 spiro atoms. The van der Waals surface area contributed by atoms with E-state index >= 15 is 0 Å². The predicted molar refractivity (Wildman–Crippen MR) is 52.5 cm³/mol. The van der Waals surface area contributed by atoms with Gasteiger partial charge < -0.3 is 5.11 Å². The highest BCUT2D eigenvalue weighted by molar-refractivity contribution is 7.71. The minimum absolute atomic E-state index is 0.0674. The quantitative estimate of drug-likeness (QED) is 0.725. The van der Waals surface area contributed by atoms with Gasteiger partial charge in [0.2, 0.25) is 0 Å². The number of hydrogen-bond acceptors (Lipinski definition) is 3. The van der Waals surface area contributed by atoms with Gasteiger partial charge in [0.15, 0.2) is 10.7 Å². The molecular weight excluding hydrogens is 188 g/mol. The SMILES string of the molecule is CCCCn1c(O)cc(=O)[nH]c1=S. The zero-order valence-corrected chi connectivity index (χ0v) is 8.23. The monoisotopic (exact) mass is 200 g/mol. The van der Waals surface area contributed by atoms with E-state index in [0.29, 0.717) is 6.54 Å². The molecule has 0 aliphatic heterocycles. The summed E-state index contributed by atoms with van der Waals surface area (Å²) in [4.78, 5) is 13.3. The van der Waals surface area contributed by atoms with Crippen molar-refractivity contribution in [2.75, 3.05) is 0 Å². The van der Waals surface area contributed by atoms with E-state index in [9.17, 15) is 9.90 Å². The Morgan fingerprint density at radius 3 is 2.92 bits per heavy atom. The molecule has 4 nitrogen and oxygen atoms in total. The lowest BCUT2D eigenvalue weighted by Crippen LogP contribution is -2.12. The van der Waals surface area contributed by atoms with Crippen LogP contribution in [-0.2, 0) is 6.54 Å². The summed E-state index contributed by atoms with van der Waals surface area (Å²) in [7, 11) is 0. The first-order valence-corrected chi connectivity index (χ1v) is 4.59. The van der Waals surface area contributed by atoms with E-state index in [-0.39, 0.29) is 16.2 Å². The lowest BCUT2D eigenvalue weighted by Gasteiger charge is -2.06. The summed E-state index contributed by atoms with van der Waals surface area (Å²) in [5.74, 6) is -0.0674. The second-order valence-electron chi connectivity index (χ2n) is 2.80. The first-order chi connectivity index (χ1) is 6.15. The van der Waals surface area contributed by atoms with Crippen molar-refractivity contribution in [1.29, 1.82) is 0 Å². The van der Waals surface area contributed by atoms with Crippen molar-refractivity contribution >= 4 is 12.2 Å².